The van der Waals surface area contributed by atoms with E-state index in [4.69, 9.17) is 15.7 Å². The van der Waals surface area contributed by atoms with Gasteiger partial charge in [0.15, 0.2) is 0 Å². The normalized spacial score (nSPS) is 18.1. The maximum atomic E-state index is 8.67. The van der Waals surface area contributed by atoms with Gasteiger partial charge in [0.05, 0.1) is 6.61 Å². The summed E-state index contributed by atoms with van der Waals surface area (Å²) in [6, 6.07) is 9.89. The van der Waals surface area contributed by atoms with Crippen molar-refractivity contribution in [2.75, 3.05) is 26.2 Å². The molecule has 1 aromatic rings. The largest absolute Gasteiger partial charge is 0.494 e. The lowest BCUT2D eigenvalue weighted by Crippen LogP contribution is -2.39. The second-order valence-electron chi connectivity index (χ2n) is 5.16. The summed E-state index contributed by atoms with van der Waals surface area (Å²) >= 11 is 0. The summed E-state index contributed by atoms with van der Waals surface area (Å²) in [6.45, 7) is 3.79. The number of likely N-dealkylation sites (tertiary alicyclic amines) is 1. The van der Waals surface area contributed by atoms with E-state index < -0.39 is 0 Å². The highest BCUT2D eigenvalue weighted by Crippen LogP contribution is 2.17. The number of nitrogens with two attached hydrogens (primary N) is 1. The van der Waals surface area contributed by atoms with Gasteiger partial charge >= 0.3 is 0 Å². The van der Waals surface area contributed by atoms with Crippen LogP contribution in [0, 0.1) is 5.92 Å². The molecule has 1 saturated heterocycles. The van der Waals surface area contributed by atoms with Crippen molar-refractivity contribution in [2.45, 2.75) is 19.3 Å². The van der Waals surface area contributed by atoms with E-state index in [0.717, 1.165) is 51.3 Å². The summed E-state index contributed by atoms with van der Waals surface area (Å²) in [5.41, 5.74) is 5.64. The monoisotopic (exact) mass is 277 g/mol. The molecule has 1 fully saturated rings. The minimum atomic E-state index is 0.233. The number of piperidine rings is 1. The molecule has 110 valence electrons. The number of ether oxygens (including phenoxy) is 1. The van der Waals surface area contributed by atoms with Gasteiger partial charge in [0.25, 0.3) is 0 Å². The Morgan fingerprint density at radius 2 is 2.00 bits per heavy atom. The van der Waals surface area contributed by atoms with Crippen LogP contribution >= 0.6 is 0 Å². The summed E-state index contributed by atoms with van der Waals surface area (Å²) in [5, 5.41) is 11.8. The maximum absolute atomic E-state index is 8.67. The Bertz CT molecular complexity index is 414. The van der Waals surface area contributed by atoms with E-state index in [-0.39, 0.29) is 5.92 Å². The van der Waals surface area contributed by atoms with Gasteiger partial charge in [0.2, 0.25) is 0 Å². The molecule has 0 radical (unpaired) electrons. The van der Waals surface area contributed by atoms with Gasteiger partial charge in [-0.05, 0) is 44.5 Å². The molecule has 0 bridgehead atoms. The summed E-state index contributed by atoms with van der Waals surface area (Å²) in [6.07, 6.45) is 2.95. The molecule has 3 N–H and O–H groups in total. The number of hydrogen-bond donors (Lipinski definition) is 2. The van der Waals surface area contributed by atoms with Crippen LogP contribution in [-0.4, -0.2) is 42.2 Å². The molecule has 1 aliphatic rings. The first-order valence-electron chi connectivity index (χ1n) is 7.17. The van der Waals surface area contributed by atoms with Crippen LogP contribution in [0.25, 0.3) is 0 Å². The van der Waals surface area contributed by atoms with Crippen molar-refractivity contribution in [1.29, 1.82) is 0 Å². The molecule has 1 aromatic carbocycles. The van der Waals surface area contributed by atoms with E-state index in [2.05, 4.69) is 10.1 Å². The Balaban J connectivity index is 1.60. The molecule has 0 saturated carbocycles. The third kappa shape index (κ3) is 4.42. The van der Waals surface area contributed by atoms with Crippen molar-refractivity contribution >= 4 is 5.84 Å². The third-order valence-electron chi connectivity index (χ3n) is 3.75. The standard InChI is InChI=1S/C15H23N3O2/c16-15(17-19)13-7-10-18(11-8-13)9-4-12-20-14-5-2-1-3-6-14/h1-3,5-6,13,19H,4,7-12H2,(H2,16,17). The molecule has 0 spiro atoms. The average Bonchev–Trinajstić information content (AvgIpc) is 2.52. The van der Waals surface area contributed by atoms with Crippen LogP contribution in [0.1, 0.15) is 19.3 Å². The Morgan fingerprint density at radius 3 is 2.65 bits per heavy atom. The molecular weight excluding hydrogens is 254 g/mol. The van der Waals surface area contributed by atoms with Crippen molar-refractivity contribution in [3.05, 3.63) is 30.3 Å². The Morgan fingerprint density at radius 1 is 1.30 bits per heavy atom. The van der Waals surface area contributed by atoms with Crippen LogP contribution in [0.3, 0.4) is 0 Å². The average molecular weight is 277 g/mol. The van der Waals surface area contributed by atoms with Crippen LogP contribution in [0.4, 0.5) is 0 Å². The van der Waals surface area contributed by atoms with Crippen molar-refractivity contribution in [3.63, 3.8) is 0 Å². The first-order valence-corrected chi connectivity index (χ1v) is 7.17. The third-order valence-corrected chi connectivity index (χ3v) is 3.75. The molecular formula is C15H23N3O2. The van der Waals surface area contributed by atoms with Gasteiger partial charge < -0.3 is 20.6 Å². The fraction of sp³-hybridized carbons (Fsp3) is 0.533. The van der Waals surface area contributed by atoms with Crippen LogP contribution < -0.4 is 10.5 Å². The van der Waals surface area contributed by atoms with Crippen LogP contribution in [-0.2, 0) is 0 Å². The molecule has 0 aliphatic carbocycles. The van der Waals surface area contributed by atoms with E-state index in [0.29, 0.717) is 5.84 Å². The molecule has 1 heterocycles. The number of rotatable bonds is 6. The van der Waals surface area contributed by atoms with Crippen LogP contribution in [0.15, 0.2) is 35.5 Å². The molecule has 5 nitrogen and oxygen atoms in total. The first kappa shape index (κ1) is 14.7. The number of amidine groups is 1. The quantitative estimate of drug-likeness (QED) is 0.274. The van der Waals surface area contributed by atoms with Crippen LogP contribution in [0.5, 0.6) is 5.75 Å². The SMILES string of the molecule is NC(=NO)C1CCN(CCCOc2ccccc2)CC1. The van der Waals surface area contributed by atoms with Gasteiger partial charge in [-0.25, -0.2) is 0 Å². The summed E-state index contributed by atoms with van der Waals surface area (Å²) < 4.78 is 5.67. The van der Waals surface area contributed by atoms with E-state index in [1.165, 1.54) is 0 Å². The molecule has 0 aromatic heterocycles. The minimum absolute atomic E-state index is 0.233. The van der Waals surface area contributed by atoms with E-state index in [1.54, 1.807) is 0 Å². The highest BCUT2D eigenvalue weighted by atomic mass is 16.5. The van der Waals surface area contributed by atoms with Gasteiger partial charge in [0, 0.05) is 12.5 Å². The molecule has 5 heteroatoms. The number of hydrogen-bond acceptors (Lipinski definition) is 4. The van der Waals surface area contributed by atoms with Crippen molar-refractivity contribution in [1.82, 2.24) is 4.90 Å². The zero-order valence-corrected chi connectivity index (χ0v) is 11.7. The highest BCUT2D eigenvalue weighted by molar-refractivity contribution is 5.82. The van der Waals surface area contributed by atoms with Crippen molar-refractivity contribution < 1.29 is 9.94 Å². The smallest absolute Gasteiger partial charge is 0.142 e. The lowest BCUT2D eigenvalue weighted by atomic mass is 9.96. The molecule has 20 heavy (non-hydrogen) atoms. The summed E-state index contributed by atoms with van der Waals surface area (Å²) in [4.78, 5) is 2.41. The van der Waals surface area contributed by atoms with E-state index in [1.807, 2.05) is 30.3 Å². The Hall–Kier alpha value is -1.75. The minimum Gasteiger partial charge on any atom is -0.494 e. The van der Waals surface area contributed by atoms with Gasteiger partial charge in [-0.15, -0.1) is 0 Å². The molecule has 2 rings (SSSR count). The fourth-order valence-electron chi connectivity index (χ4n) is 2.53. The number of oxime groups is 1. The van der Waals surface area contributed by atoms with E-state index in [9.17, 15) is 0 Å². The second kappa shape index (κ2) is 7.75. The highest BCUT2D eigenvalue weighted by Gasteiger charge is 2.21. The zero-order valence-electron chi connectivity index (χ0n) is 11.7. The van der Waals surface area contributed by atoms with Crippen molar-refractivity contribution in [2.24, 2.45) is 16.8 Å². The number of nitrogens with zero attached hydrogens (tertiary/aromatic N) is 2. The van der Waals surface area contributed by atoms with Crippen LogP contribution in [0.2, 0.25) is 0 Å². The predicted molar refractivity (Wildman–Crippen MR) is 79.1 cm³/mol. The Kier molecular flexibility index (Phi) is 5.68. The van der Waals surface area contributed by atoms with Gasteiger partial charge in [-0.3, -0.25) is 0 Å². The van der Waals surface area contributed by atoms with Gasteiger partial charge in [0.1, 0.15) is 11.6 Å². The number of benzene rings is 1. The fourth-order valence-corrected chi connectivity index (χ4v) is 2.53. The lowest BCUT2D eigenvalue weighted by Gasteiger charge is -2.31. The Labute approximate surface area is 120 Å². The molecule has 0 amide bonds. The topological polar surface area (TPSA) is 71.1 Å². The first-order chi connectivity index (χ1) is 9.79. The zero-order chi connectivity index (χ0) is 14.2. The summed E-state index contributed by atoms with van der Waals surface area (Å²) in [7, 11) is 0. The lowest BCUT2D eigenvalue weighted by molar-refractivity contribution is 0.188. The second-order valence-corrected chi connectivity index (χ2v) is 5.16. The van der Waals surface area contributed by atoms with Crippen molar-refractivity contribution in [3.8, 4) is 5.75 Å². The molecule has 1 aliphatic heterocycles. The molecule has 0 atom stereocenters. The van der Waals surface area contributed by atoms with E-state index >= 15 is 0 Å². The molecule has 0 unspecified atom stereocenters. The van der Waals surface area contributed by atoms with Gasteiger partial charge in [-0.1, -0.05) is 23.4 Å². The summed E-state index contributed by atoms with van der Waals surface area (Å²) in [5.74, 6) is 1.53. The maximum Gasteiger partial charge on any atom is 0.142 e. The predicted octanol–water partition coefficient (Wildman–Crippen LogP) is 1.91. The number of para-hydroxylation sites is 1. The van der Waals surface area contributed by atoms with Gasteiger partial charge in [-0.2, -0.15) is 0 Å².